The molecule has 2 unspecified atom stereocenters. The van der Waals surface area contributed by atoms with Gasteiger partial charge in [0.05, 0.1) is 0 Å². The van der Waals surface area contributed by atoms with Crippen LogP contribution in [-0.2, 0) is 0 Å². The molecule has 19 heavy (non-hydrogen) atoms. The standard InChI is InChI=1S/C15H27N3O/c16-15(19)18-9-13(6-11-4-5-11)7-14(10-18)17-8-12-2-1-3-12/h11-14,17H,1-10H2,(H2,16,19). The summed E-state index contributed by atoms with van der Waals surface area (Å²) in [5, 5.41) is 3.68. The van der Waals surface area contributed by atoms with E-state index >= 15 is 0 Å². The maximum atomic E-state index is 11.5. The number of amides is 2. The highest BCUT2D eigenvalue weighted by Crippen LogP contribution is 2.37. The SMILES string of the molecule is NC(=O)N1CC(CC2CC2)CC(NCC2CCC2)C1. The summed E-state index contributed by atoms with van der Waals surface area (Å²) in [6.45, 7) is 2.82. The van der Waals surface area contributed by atoms with Crippen LogP contribution in [0, 0.1) is 17.8 Å². The molecule has 0 aromatic rings. The molecule has 3 fully saturated rings. The molecule has 0 bridgehead atoms. The molecule has 1 saturated heterocycles. The molecular weight excluding hydrogens is 238 g/mol. The largest absolute Gasteiger partial charge is 0.351 e. The molecule has 3 rings (SSSR count). The summed E-state index contributed by atoms with van der Waals surface area (Å²) in [5.41, 5.74) is 5.49. The van der Waals surface area contributed by atoms with Gasteiger partial charge in [-0.15, -0.1) is 0 Å². The Hall–Kier alpha value is -0.770. The molecule has 3 N–H and O–H groups in total. The quantitative estimate of drug-likeness (QED) is 0.798. The first-order valence-corrected chi connectivity index (χ1v) is 7.98. The predicted octanol–water partition coefficient (Wildman–Crippen LogP) is 1.95. The molecule has 2 saturated carbocycles. The van der Waals surface area contributed by atoms with Crippen LogP contribution in [0.3, 0.4) is 0 Å². The Labute approximate surface area is 116 Å². The van der Waals surface area contributed by atoms with Gasteiger partial charge in [0.1, 0.15) is 0 Å². The number of rotatable bonds is 5. The minimum atomic E-state index is -0.240. The first kappa shape index (κ1) is 13.2. The summed E-state index contributed by atoms with van der Waals surface area (Å²) in [6, 6.07) is 0.224. The fourth-order valence-electron chi connectivity index (χ4n) is 3.56. The van der Waals surface area contributed by atoms with Crippen LogP contribution in [0.25, 0.3) is 0 Å². The highest BCUT2D eigenvalue weighted by molar-refractivity contribution is 5.72. The smallest absolute Gasteiger partial charge is 0.314 e. The molecule has 1 aliphatic heterocycles. The van der Waals surface area contributed by atoms with E-state index in [1.165, 1.54) is 44.9 Å². The summed E-state index contributed by atoms with van der Waals surface area (Å²) >= 11 is 0. The average molecular weight is 265 g/mol. The van der Waals surface area contributed by atoms with E-state index in [-0.39, 0.29) is 6.03 Å². The van der Waals surface area contributed by atoms with E-state index in [1.807, 2.05) is 4.90 Å². The Morgan fingerprint density at radius 3 is 2.47 bits per heavy atom. The van der Waals surface area contributed by atoms with Gasteiger partial charge in [0, 0.05) is 19.1 Å². The fraction of sp³-hybridized carbons (Fsp3) is 0.933. The number of nitrogens with zero attached hydrogens (tertiary/aromatic N) is 1. The number of hydrogen-bond donors (Lipinski definition) is 2. The van der Waals surface area contributed by atoms with Gasteiger partial charge in [0.25, 0.3) is 0 Å². The Bertz CT molecular complexity index is 325. The zero-order chi connectivity index (χ0) is 13.2. The normalized spacial score (nSPS) is 32.1. The molecule has 0 aromatic carbocycles. The van der Waals surface area contributed by atoms with E-state index in [2.05, 4.69) is 5.32 Å². The average Bonchev–Trinajstić information content (AvgIpc) is 3.10. The van der Waals surface area contributed by atoms with Crippen molar-refractivity contribution >= 4 is 6.03 Å². The number of carbonyl (C=O) groups is 1. The Balaban J connectivity index is 1.50. The maximum Gasteiger partial charge on any atom is 0.314 e. The van der Waals surface area contributed by atoms with Crippen LogP contribution >= 0.6 is 0 Å². The molecule has 0 aromatic heterocycles. The van der Waals surface area contributed by atoms with Gasteiger partial charge in [0.15, 0.2) is 0 Å². The highest BCUT2D eigenvalue weighted by Gasteiger charge is 2.33. The first-order chi connectivity index (χ1) is 9.20. The Kier molecular flexibility index (Phi) is 3.96. The van der Waals surface area contributed by atoms with Crippen LogP contribution in [0.5, 0.6) is 0 Å². The summed E-state index contributed by atoms with van der Waals surface area (Å²) in [4.78, 5) is 13.3. The van der Waals surface area contributed by atoms with Crippen molar-refractivity contribution in [3.63, 3.8) is 0 Å². The van der Waals surface area contributed by atoms with Crippen LogP contribution in [0.15, 0.2) is 0 Å². The number of primary amides is 1. The van der Waals surface area contributed by atoms with E-state index in [9.17, 15) is 4.79 Å². The molecular formula is C15H27N3O. The monoisotopic (exact) mass is 265 g/mol. The molecule has 0 spiro atoms. The first-order valence-electron chi connectivity index (χ1n) is 7.98. The van der Waals surface area contributed by atoms with Crippen molar-refractivity contribution in [3.8, 4) is 0 Å². The van der Waals surface area contributed by atoms with Gasteiger partial charge < -0.3 is 16.0 Å². The van der Waals surface area contributed by atoms with E-state index in [1.54, 1.807) is 0 Å². The number of piperidine rings is 1. The molecule has 2 amide bonds. The Morgan fingerprint density at radius 1 is 1.11 bits per heavy atom. The summed E-state index contributed by atoms with van der Waals surface area (Å²) < 4.78 is 0. The van der Waals surface area contributed by atoms with Crippen molar-refractivity contribution in [1.29, 1.82) is 0 Å². The molecule has 2 aliphatic carbocycles. The van der Waals surface area contributed by atoms with E-state index in [0.717, 1.165) is 31.5 Å². The predicted molar refractivity (Wildman–Crippen MR) is 75.7 cm³/mol. The second kappa shape index (κ2) is 5.70. The van der Waals surface area contributed by atoms with Gasteiger partial charge in [0.2, 0.25) is 0 Å². The van der Waals surface area contributed by atoms with Crippen LogP contribution in [-0.4, -0.2) is 36.6 Å². The zero-order valence-corrected chi connectivity index (χ0v) is 11.8. The van der Waals surface area contributed by atoms with Crippen molar-refractivity contribution < 1.29 is 4.79 Å². The van der Waals surface area contributed by atoms with Crippen molar-refractivity contribution in [2.24, 2.45) is 23.5 Å². The lowest BCUT2D eigenvalue weighted by atomic mass is 9.84. The number of carbonyl (C=O) groups excluding carboxylic acids is 1. The molecule has 4 heteroatoms. The van der Waals surface area contributed by atoms with Crippen LogP contribution in [0.4, 0.5) is 4.79 Å². The van der Waals surface area contributed by atoms with Gasteiger partial charge in [-0.1, -0.05) is 19.3 Å². The lowest BCUT2D eigenvalue weighted by Gasteiger charge is -2.38. The van der Waals surface area contributed by atoms with Gasteiger partial charge in [-0.3, -0.25) is 0 Å². The van der Waals surface area contributed by atoms with Crippen molar-refractivity contribution in [1.82, 2.24) is 10.2 Å². The number of likely N-dealkylation sites (tertiary alicyclic amines) is 1. The maximum absolute atomic E-state index is 11.5. The van der Waals surface area contributed by atoms with Crippen LogP contribution in [0.2, 0.25) is 0 Å². The number of urea groups is 1. The molecule has 3 aliphatic rings. The van der Waals surface area contributed by atoms with Gasteiger partial charge in [-0.25, -0.2) is 4.79 Å². The zero-order valence-electron chi connectivity index (χ0n) is 11.8. The van der Waals surface area contributed by atoms with Crippen LogP contribution in [0.1, 0.15) is 44.9 Å². The molecule has 1 heterocycles. The van der Waals surface area contributed by atoms with E-state index in [4.69, 9.17) is 5.73 Å². The Morgan fingerprint density at radius 2 is 1.89 bits per heavy atom. The molecule has 4 nitrogen and oxygen atoms in total. The lowest BCUT2D eigenvalue weighted by Crippen LogP contribution is -2.53. The third kappa shape index (κ3) is 3.62. The summed E-state index contributed by atoms with van der Waals surface area (Å²) in [5.74, 6) is 2.48. The molecule has 108 valence electrons. The second-order valence-electron chi connectivity index (χ2n) is 6.93. The topological polar surface area (TPSA) is 58.4 Å². The van der Waals surface area contributed by atoms with Crippen molar-refractivity contribution in [3.05, 3.63) is 0 Å². The van der Waals surface area contributed by atoms with Gasteiger partial charge >= 0.3 is 6.03 Å². The molecule has 2 atom stereocenters. The fourth-order valence-corrected chi connectivity index (χ4v) is 3.56. The number of nitrogens with one attached hydrogen (secondary N) is 1. The minimum absolute atomic E-state index is 0.240. The van der Waals surface area contributed by atoms with Gasteiger partial charge in [-0.2, -0.15) is 0 Å². The third-order valence-corrected chi connectivity index (χ3v) is 5.13. The minimum Gasteiger partial charge on any atom is -0.351 e. The highest BCUT2D eigenvalue weighted by atomic mass is 16.2. The van der Waals surface area contributed by atoms with Crippen molar-refractivity contribution in [2.75, 3.05) is 19.6 Å². The lowest BCUT2D eigenvalue weighted by molar-refractivity contribution is 0.141. The number of nitrogens with two attached hydrogens (primary N) is 1. The van der Waals surface area contributed by atoms with E-state index in [0.29, 0.717) is 12.0 Å². The molecule has 0 radical (unpaired) electrons. The summed E-state index contributed by atoms with van der Waals surface area (Å²) in [7, 11) is 0. The van der Waals surface area contributed by atoms with Crippen molar-refractivity contribution in [2.45, 2.75) is 51.0 Å². The van der Waals surface area contributed by atoms with Crippen LogP contribution < -0.4 is 11.1 Å². The number of hydrogen-bond acceptors (Lipinski definition) is 2. The summed E-state index contributed by atoms with van der Waals surface area (Å²) in [6.07, 6.45) is 9.48. The van der Waals surface area contributed by atoms with Gasteiger partial charge in [-0.05, 0) is 50.0 Å². The third-order valence-electron chi connectivity index (χ3n) is 5.13. The second-order valence-corrected chi connectivity index (χ2v) is 6.93. The van der Waals surface area contributed by atoms with E-state index < -0.39 is 0 Å².